The summed E-state index contributed by atoms with van der Waals surface area (Å²) >= 11 is 1.73. The lowest BCUT2D eigenvalue weighted by Crippen LogP contribution is -2.38. The van der Waals surface area contributed by atoms with E-state index in [9.17, 15) is 0 Å². The number of aryl methyl sites for hydroxylation is 1. The Morgan fingerprint density at radius 3 is 2.79 bits per heavy atom. The summed E-state index contributed by atoms with van der Waals surface area (Å²) in [5.74, 6) is 6.05. The van der Waals surface area contributed by atoms with Crippen LogP contribution in [0.4, 0.5) is 0 Å². The molecule has 0 aliphatic rings. The Balaban J connectivity index is 2.52. The Bertz CT molecular complexity index is 471. The molecule has 1 atom stereocenters. The number of hydrogen-bond donors (Lipinski definition) is 4. The molecule has 0 amide bonds. The summed E-state index contributed by atoms with van der Waals surface area (Å²) in [6.07, 6.45) is 0. The average molecular weight is 280 g/mol. The molecule has 0 aliphatic heterocycles. The van der Waals surface area contributed by atoms with Crippen molar-refractivity contribution in [3.8, 4) is 0 Å². The van der Waals surface area contributed by atoms with Gasteiger partial charge in [0.05, 0.1) is 6.04 Å². The number of nitrogens with two attached hydrogens (primary N) is 3. The second kappa shape index (κ2) is 7.65. The number of aliphatic imine (C=N–C) groups is 2. The highest BCUT2D eigenvalue weighted by atomic mass is 32.2. The van der Waals surface area contributed by atoms with Crippen LogP contribution < -0.4 is 22.7 Å². The largest absolute Gasteiger partial charge is 0.368 e. The molecule has 19 heavy (non-hydrogen) atoms. The SMILES string of the molecule is Cc1cccc(SCC(C)N=C(N)/N=C(/N)NN)c1. The highest BCUT2D eigenvalue weighted by Gasteiger charge is 2.03. The van der Waals surface area contributed by atoms with E-state index < -0.39 is 0 Å². The highest BCUT2D eigenvalue weighted by Crippen LogP contribution is 2.20. The Labute approximate surface area is 117 Å². The summed E-state index contributed by atoms with van der Waals surface area (Å²) < 4.78 is 0. The van der Waals surface area contributed by atoms with Crippen molar-refractivity contribution in [2.75, 3.05) is 5.75 Å². The fourth-order valence-corrected chi connectivity index (χ4v) is 2.32. The van der Waals surface area contributed by atoms with Gasteiger partial charge in [-0.15, -0.1) is 11.8 Å². The first kappa shape index (κ1) is 15.3. The Morgan fingerprint density at radius 1 is 1.42 bits per heavy atom. The van der Waals surface area contributed by atoms with Crippen molar-refractivity contribution < 1.29 is 0 Å². The second-order valence-electron chi connectivity index (χ2n) is 4.11. The second-order valence-corrected chi connectivity index (χ2v) is 5.20. The first-order valence-electron chi connectivity index (χ1n) is 5.84. The number of guanidine groups is 2. The third-order valence-electron chi connectivity index (χ3n) is 2.22. The minimum atomic E-state index is 0.0415. The summed E-state index contributed by atoms with van der Waals surface area (Å²) in [5.41, 5.74) is 14.4. The molecule has 0 fully saturated rings. The molecule has 1 rings (SSSR count). The molecule has 6 nitrogen and oxygen atoms in total. The summed E-state index contributed by atoms with van der Waals surface area (Å²) in [6.45, 7) is 4.04. The van der Waals surface area contributed by atoms with Gasteiger partial charge in [-0.1, -0.05) is 17.7 Å². The van der Waals surface area contributed by atoms with E-state index in [1.807, 2.05) is 13.0 Å². The highest BCUT2D eigenvalue weighted by molar-refractivity contribution is 7.99. The van der Waals surface area contributed by atoms with Gasteiger partial charge in [-0.3, -0.25) is 5.43 Å². The van der Waals surface area contributed by atoms with Crippen LogP contribution in [0.15, 0.2) is 39.1 Å². The minimum absolute atomic E-state index is 0.0415. The average Bonchev–Trinajstić information content (AvgIpc) is 2.36. The molecule has 0 radical (unpaired) electrons. The molecular weight excluding hydrogens is 260 g/mol. The lowest BCUT2D eigenvalue weighted by molar-refractivity contribution is 0.843. The normalized spacial score (nSPS) is 14.3. The van der Waals surface area contributed by atoms with E-state index >= 15 is 0 Å². The predicted octanol–water partition coefficient (Wildman–Crippen LogP) is 0.568. The zero-order chi connectivity index (χ0) is 14.3. The predicted molar refractivity (Wildman–Crippen MR) is 81.9 cm³/mol. The van der Waals surface area contributed by atoms with Crippen LogP contribution in [0.3, 0.4) is 0 Å². The first-order chi connectivity index (χ1) is 9.01. The third kappa shape index (κ3) is 6.12. The number of benzene rings is 1. The van der Waals surface area contributed by atoms with Crippen LogP contribution in [0.5, 0.6) is 0 Å². The van der Waals surface area contributed by atoms with Gasteiger partial charge < -0.3 is 11.5 Å². The molecule has 0 bridgehead atoms. The Hall–Kier alpha value is -1.73. The van der Waals surface area contributed by atoms with Crippen molar-refractivity contribution in [2.45, 2.75) is 24.8 Å². The van der Waals surface area contributed by atoms with Gasteiger partial charge in [0.1, 0.15) is 0 Å². The molecule has 0 aromatic heterocycles. The molecule has 1 aromatic rings. The van der Waals surface area contributed by atoms with Gasteiger partial charge in [-0.2, -0.15) is 4.99 Å². The van der Waals surface area contributed by atoms with Crippen molar-refractivity contribution in [1.29, 1.82) is 0 Å². The van der Waals surface area contributed by atoms with Crippen molar-refractivity contribution in [3.05, 3.63) is 29.8 Å². The maximum atomic E-state index is 5.62. The van der Waals surface area contributed by atoms with Crippen LogP contribution >= 0.6 is 11.8 Å². The number of thioether (sulfide) groups is 1. The van der Waals surface area contributed by atoms with E-state index in [1.54, 1.807) is 11.8 Å². The minimum Gasteiger partial charge on any atom is -0.368 e. The summed E-state index contributed by atoms with van der Waals surface area (Å²) in [4.78, 5) is 9.21. The molecule has 1 unspecified atom stereocenters. The van der Waals surface area contributed by atoms with Crippen molar-refractivity contribution in [1.82, 2.24) is 5.43 Å². The molecule has 0 saturated carbocycles. The summed E-state index contributed by atoms with van der Waals surface area (Å²) in [7, 11) is 0. The lowest BCUT2D eigenvalue weighted by atomic mass is 10.2. The molecule has 0 saturated heterocycles. The summed E-state index contributed by atoms with van der Waals surface area (Å²) in [5, 5.41) is 0. The molecule has 0 spiro atoms. The van der Waals surface area contributed by atoms with E-state index in [1.165, 1.54) is 10.5 Å². The molecule has 1 aromatic carbocycles. The van der Waals surface area contributed by atoms with Gasteiger partial charge in [0.15, 0.2) is 0 Å². The van der Waals surface area contributed by atoms with E-state index in [2.05, 4.69) is 40.5 Å². The van der Waals surface area contributed by atoms with Crippen LogP contribution in [0.2, 0.25) is 0 Å². The smallest absolute Gasteiger partial charge is 0.218 e. The van der Waals surface area contributed by atoms with Crippen LogP contribution in [-0.4, -0.2) is 23.7 Å². The zero-order valence-electron chi connectivity index (χ0n) is 11.1. The van der Waals surface area contributed by atoms with Crippen LogP contribution in [0.1, 0.15) is 12.5 Å². The fraction of sp³-hybridized carbons (Fsp3) is 0.333. The number of hydrogen-bond acceptors (Lipinski definition) is 3. The van der Waals surface area contributed by atoms with Gasteiger partial charge in [0.2, 0.25) is 11.9 Å². The van der Waals surface area contributed by atoms with Crippen molar-refractivity contribution >= 4 is 23.7 Å². The van der Waals surface area contributed by atoms with E-state index in [0.29, 0.717) is 0 Å². The fourth-order valence-electron chi connectivity index (χ4n) is 1.37. The van der Waals surface area contributed by atoms with Gasteiger partial charge in [0.25, 0.3) is 0 Å². The topological polar surface area (TPSA) is 115 Å². The zero-order valence-corrected chi connectivity index (χ0v) is 11.9. The van der Waals surface area contributed by atoms with Crippen molar-refractivity contribution in [2.24, 2.45) is 27.3 Å². The van der Waals surface area contributed by atoms with Gasteiger partial charge >= 0.3 is 0 Å². The van der Waals surface area contributed by atoms with E-state index in [4.69, 9.17) is 17.3 Å². The van der Waals surface area contributed by atoms with Crippen LogP contribution in [0.25, 0.3) is 0 Å². The van der Waals surface area contributed by atoms with Gasteiger partial charge in [-0.25, -0.2) is 10.8 Å². The maximum absolute atomic E-state index is 5.62. The first-order valence-corrected chi connectivity index (χ1v) is 6.83. The number of nitrogens with zero attached hydrogens (tertiary/aromatic N) is 2. The Kier molecular flexibility index (Phi) is 6.17. The third-order valence-corrected chi connectivity index (χ3v) is 3.45. The van der Waals surface area contributed by atoms with Crippen molar-refractivity contribution in [3.63, 3.8) is 0 Å². The molecule has 7 heteroatoms. The number of nitrogens with one attached hydrogen (secondary N) is 1. The Morgan fingerprint density at radius 2 is 2.16 bits per heavy atom. The molecular formula is C12H20N6S. The molecule has 104 valence electrons. The van der Waals surface area contributed by atoms with Gasteiger partial charge in [0, 0.05) is 10.6 Å². The molecule has 7 N–H and O–H groups in total. The van der Waals surface area contributed by atoms with Crippen LogP contribution in [-0.2, 0) is 0 Å². The van der Waals surface area contributed by atoms with E-state index in [0.717, 1.165) is 5.75 Å². The summed E-state index contributed by atoms with van der Waals surface area (Å²) in [6, 6.07) is 8.36. The molecule has 0 heterocycles. The lowest BCUT2D eigenvalue weighted by Gasteiger charge is -2.07. The number of hydrazine groups is 1. The number of rotatable bonds is 4. The standard InChI is InChI=1S/C12H20N6S/c1-8-4-3-5-10(6-8)19-7-9(2)16-11(13)17-12(14)18-15/h3-6,9H,7,15H2,1-2H3,(H5,13,14,16,17,18). The molecule has 0 aliphatic carbocycles. The maximum Gasteiger partial charge on any atom is 0.218 e. The van der Waals surface area contributed by atoms with E-state index in [-0.39, 0.29) is 18.0 Å². The monoisotopic (exact) mass is 280 g/mol. The van der Waals surface area contributed by atoms with Gasteiger partial charge in [-0.05, 0) is 26.0 Å². The van der Waals surface area contributed by atoms with Crippen LogP contribution in [0, 0.1) is 6.92 Å². The quantitative estimate of drug-likeness (QED) is 0.212.